The second kappa shape index (κ2) is 8.40. The average Bonchev–Trinajstić information content (AvgIpc) is 2.25. The van der Waals surface area contributed by atoms with Gasteiger partial charge >= 0.3 is 5.97 Å². The second-order valence-electron chi connectivity index (χ2n) is 3.94. The van der Waals surface area contributed by atoms with Gasteiger partial charge < -0.3 is 4.74 Å². The van der Waals surface area contributed by atoms with E-state index < -0.39 is 0 Å². The number of hydrogen-bond donors (Lipinski definition) is 0. The third kappa shape index (κ3) is 7.52. The van der Waals surface area contributed by atoms with Gasteiger partial charge in [-0.05, 0) is 32.8 Å². The van der Waals surface area contributed by atoms with Crippen LogP contribution in [-0.4, -0.2) is 18.0 Å². The van der Waals surface area contributed by atoms with Crippen LogP contribution in [0.25, 0.3) is 0 Å². The van der Waals surface area contributed by atoms with Crippen molar-refractivity contribution in [3.8, 4) is 0 Å². The van der Waals surface area contributed by atoms with Gasteiger partial charge in [0.1, 0.15) is 6.61 Å². The van der Waals surface area contributed by atoms with Crippen LogP contribution in [0.4, 0.5) is 0 Å². The van der Waals surface area contributed by atoms with E-state index in [-0.39, 0.29) is 11.3 Å². The summed E-state index contributed by atoms with van der Waals surface area (Å²) < 4.78 is 4.95. The predicted octanol–water partition coefficient (Wildman–Crippen LogP) is 3.85. The molecule has 0 saturated carbocycles. The lowest BCUT2D eigenvalue weighted by Gasteiger charge is -2.08. The Morgan fingerprint density at radius 3 is 2.62 bits per heavy atom. The molecular weight excluding hydrogens is 224 g/mol. The summed E-state index contributed by atoms with van der Waals surface area (Å²) in [4.78, 5) is 10.9. The fourth-order valence-corrected chi connectivity index (χ4v) is 1.19. The summed E-state index contributed by atoms with van der Waals surface area (Å²) in [5.74, 6) is -0.166. The highest BCUT2D eigenvalue weighted by Gasteiger charge is 2.04. The topological polar surface area (TPSA) is 26.3 Å². The number of halogens is 1. The molecule has 92 valence electrons. The van der Waals surface area contributed by atoms with Crippen LogP contribution in [-0.2, 0) is 9.53 Å². The summed E-state index contributed by atoms with van der Waals surface area (Å²) >= 11 is 6.05. The van der Waals surface area contributed by atoms with Gasteiger partial charge in [-0.1, -0.05) is 24.6 Å². The monoisotopic (exact) mass is 244 g/mol. The third-order valence-electron chi connectivity index (χ3n) is 2.29. The normalized spacial score (nSPS) is 13.4. The SMILES string of the molecule is C=C(C)C(Cl)CC/C(C)=C/COC(=O)CC. The maximum Gasteiger partial charge on any atom is 0.305 e. The molecule has 0 amide bonds. The van der Waals surface area contributed by atoms with Crippen LogP contribution in [0.3, 0.4) is 0 Å². The number of allylic oxidation sites excluding steroid dienone is 2. The lowest BCUT2D eigenvalue weighted by molar-refractivity contribution is -0.141. The van der Waals surface area contributed by atoms with Crippen LogP contribution < -0.4 is 0 Å². The van der Waals surface area contributed by atoms with Crippen molar-refractivity contribution in [2.75, 3.05) is 6.61 Å². The zero-order valence-corrected chi connectivity index (χ0v) is 11.1. The van der Waals surface area contributed by atoms with Crippen molar-refractivity contribution < 1.29 is 9.53 Å². The van der Waals surface area contributed by atoms with Gasteiger partial charge in [0, 0.05) is 6.42 Å². The maximum absolute atomic E-state index is 10.9. The Labute approximate surface area is 103 Å². The van der Waals surface area contributed by atoms with E-state index in [4.69, 9.17) is 16.3 Å². The summed E-state index contributed by atoms with van der Waals surface area (Å²) in [6.07, 6.45) is 4.13. The van der Waals surface area contributed by atoms with Gasteiger partial charge in [0.25, 0.3) is 0 Å². The zero-order valence-electron chi connectivity index (χ0n) is 10.4. The lowest BCUT2D eigenvalue weighted by atomic mass is 10.1. The minimum absolute atomic E-state index is 0.0292. The van der Waals surface area contributed by atoms with Gasteiger partial charge in [0.2, 0.25) is 0 Å². The quantitative estimate of drug-likeness (QED) is 0.386. The van der Waals surface area contributed by atoms with Crippen LogP contribution in [0.2, 0.25) is 0 Å². The summed E-state index contributed by atoms with van der Waals surface area (Å²) in [7, 11) is 0. The molecule has 0 saturated heterocycles. The van der Waals surface area contributed by atoms with Crippen LogP contribution in [0.1, 0.15) is 40.0 Å². The molecule has 0 aliphatic carbocycles. The van der Waals surface area contributed by atoms with E-state index in [1.54, 1.807) is 6.92 Å². The largest absolute Gasteiger partial charge is 0.461 e. The molecule has 0 aliphatic rings. The number of carbonyl (C=O) groups is 1. The van der Waals surface area contributed by atoms with Gasteiger partial charge in [-0.2, -0.15) is 0 Å². The highest BCUT2D eigenvalue weighted by atomic mass is 35.5. The van der Waals surface area contributed by atoms with E-state index >= 15 is 0 Å². The highest BCUT2D eigenvalue weighted by molar-refractivity contribution is 6.22. The van der Waals surface area contributed by atoms with Gasteiger partial charge in [-0.15, -0.1) is 11.6 Å². The first-order valence-corrected chi connectivity index (χ1v) is 6.01. The Hall–Kier alpha value is -0.760. The van der Waals surface area contributed by atoms with E-state index in [9.17, 15) is 4.79 Å². The van der Waals surface area contributed by atoms with E-state index in [1.165, 1.54) is 5.57 Å². The molecule has 0 aromatic heterocycles. The van der Waals surface area contributed by atoms with E-state index in [0.717, 1.165) is 18.4 Å². The van der Waals surface area contributed by atoms with Gasteiger partial charge in [0.15, 0.2) is 0 Å². The molecule has 3 heteroatoms. The molecule has 0 N–H and O–H groups in total. The Morgan fingerprint density at radius 1 is 1.50 bits per heavy atom. The standard InChI is InChI=1S/C13H21ClO2/c1-5-13(15)16-9-8-11(4)6-7-12(14)10(2)3/h8,12H,2,5-7,9H2,1,3-4H3/b11-8+. The second-order valence-corrected chi connectivity index (χ2v) is 4.47. The number of ether oxygens (including phenoxy) is 1. The van der Waals surface area contributed by atoms with E-state index in [1.807, 2.05) is 19.9 Å². The summed E-state index contributed by atoms with van der Waals surface area (Å²) in [5, 5.41) is 0.0292. The van der Waals surface area contributed by atoms with Crippen molar-refractivity contribution in [3.05, 3.63) is 23.8 Å². The first-order chi connectivity index (χ1) is 7.47. The smallest absolute Gasteiger partial charge is 0.305 e. The summed E-state index contributed by atoms with van der Waals surface area (Å²) in [6.45, 7) is 9.90. The first-order valence-electron chi connectivity index (χ1n) is 5.58. The summed E-state index contributed by atoms with van der Waals surface area (Å²) in [5.41, 5.74) is 2.18. The first kappa shape index (κ1) is 15.2. The van der Waals surface area contributed by atoms with Crippen molar-refractivity contribution in [1.82, 2.24) is 0 Å². The molecule has 1 atom stereocenters. The lowest BCUT2D eigenvalue weighted by Crippen LogP contribution is -2.03. The van der Waals surface area contributed by atoms with Crippen LogP contribution in [0.5, 0.6) is 0 Å². The Morgan fingerprint density at radius 2 is 2.12 bits per heavy atom. The Kier molecular flexibility index (Phi) is 8.00. The zero-order chi connectivity index (χ0) is 12.6. The molecule has 0 bridgehead atoms. The molecule has 0 aromatic rings. The van der Waals surface area contributed by atoms with Crippen LogP contribution >= 0.6 is 11.6 Å². The molecule has 0 rings (SSSR count). The number of carbonyl (C=O) groups excluding carboxylic acids is 1. The molecular formula is C13H21ClO2. The van der Waals surface area contributed by atoms with Gasteiger partial charge in [-0.25, -0.2) is 0 Å². The van der Waals surface area contributed by atoms with Crippen LogP contribution in [0.15, 0.2) is 23.8 Å². The number of esters is 1. The van der Waals surface area contributed by atoms with Crippen molar-refractivity contribution in [2.45, 2.75) is 45.4 Å². The highest BCUT2D eigenvalue weighted by Crippen LogP contribution is 2.16. The predicted molar refractivity (Wildman–Crippen MR) is 68.7 cm³/mol. The third-order valence-corrected chi connectivity index (χ3v) is 2.88. The van der Waals surface area contributed by atoms with Gasteiger partial charge in [-0.3, -0.25) is 4.79 Å². The molecule has 16 heavy (non-hydrogen) atoms. The Bertz CT molecular complexity index is 269. The molecule has 2 nitrogen and oxygen atoms in total. The van der Waals surface area contributed by atoms with Gasteiger partial charge in [0.05, 0.1) is 5.38 Å². The minimum atomic E-state index is -0.166. The van der Waals surface area contributed by atoms with Crippen molar-refractivity contribution >= 4 is 17.6 Å². The number of rotatable bonds is 7. The molecule has 0 spiro atoms. The van der Waals surface area contributed by atoms with Crippen molar-refractivity contribution in [2.24, 2.45) is 0 Å². The van der Waals surface area contributed by atoms with Crippen molar-refractivity contribution in [3.63, 3.8) is 0 Å². The minimum Gasteiger partial charge on any atom is -0.461 e. The fraction of sp³-hybridized carbons (Fsp3) is 0.615. The molecule has 0 radical (unpaired) electrons. The van der Waals surface area contributed by atoms with E-state index in [2.05, 4.69) is 6.58 Å². The van der Waals surface area contributed by atoms with Crippen molar-refractivity contribution in [1.29, 1.82) is 0 Å². The van der Waals surface area contributed by atoms with E-state index in [0.29, 0.717) is 13.0 Å². The Balaban J connectivity index is 3.79. The fourth-order valence-electron chi connectivity index (χ4n) is 1.08. The maximum atomic E-state index is 10.9. The molecule has 1 unspecified atom stereocenters. The number of hydrogen-bond acceptors (Lipinski definition) is 2. The average molecular weight is 245 g/mol. The molecule has 0 aromatic carbocycles. The summed E-state index contributed by atoms with van der Waals surface area (Å²) in [6, 6.07) is 0. The molecule has 0 fully saturated rings. The molecule has 0 heterocycles. The molecule has 0 aliphatic heterocycles. The number of alkyl halides is 1. The van der Waals surface area contributed by atoms with Crippen LogP contribution in [0, 0.1) is 0 Å².